The quantitative estimate of drug-likeness (QED) is 0.396. The number of carbonyl (C=O) groups excluding carboxylic acids is 1. The Hall–Kier alpha value is -3.80. The lowest BCUT2D eigenvalue weighted by molar-refractivity contribution is -0.120. The Morgan fingerprint density at radius 2 is 1.70 bits per heavy atom. The van der Waals surface area contributed by atoms with Crippen LogP contribution in [-0.4, -0.2) is 35.7 Å². The van der Waals surface area contributed by atoms with Gasteiger partial charge in [0.2, 0.25) is 5.91 Å². The molecule has 0 fully saturated rings. The second kappa shape index (κ2) is 10.7. The summed E-state index contributed by atoms with van der Waals surface area (Å²) in [6.07, 6.45) is 1.03. The average Bonchev–Trinajstić information content (AvgIpc) is 3.18. The van der Waals surface area contributed by atoms with E-state index in [9.17, 15) is 4.79 Å². The van der Waals surface area contributed by atoms with Crippen LogP contribution >= 0.6 is 0 Å². The molecule has 3 aromatic carbocycles. The van der Waals surface area contributed by atoms with E-state index in [0.29, 0.717) is 38.3 Å². The van der Waals surface area contributed by atoms with Crippen LogP contribution in [0.15, 0.2) is 72.8 Å². The fraction of sp³-hybridized carbons (Fsp3) is 0.259. The van der Waals surface area contributed by atoms with Crippen molar-refractivity contribution in [2.24, 2.45) is 0 Å². The molecule has 1 N–H and O–H groups in total. The highest BCUT2D eigenvalue weighted by Crippen LogP contribution is 2.26. The zero-order valence-corrected chi connectivity index (χ0v) is 19.1. The van der Waals surface area contributed by atoms with Crippen LogP contribution in [0, 0.1) is 6.92 Å². The molecule has 0 atom stereocenters. The van der Waals surface area contributed by atoms with Gasteiger partial charge in [-0.3, -0.25) is 4.79 Å². The highest BCUT2D eigenvalue weighted by atomic mass is 16.5. The van der Waals surface area contributed by atoms with Gasteiger partial charge < -0.3 is 19.4 Å². The number of ether oxygens (including phenoxy) is 2. The number of methoxy groups -OCH3 is 1. The van der Waals surface area contributed by atoms with Crippen LogP contribution in [0.1, 0.15) is 17.0 Å². The zero-order chi connectivity index (χ0) is 23.0. The van der Waals surface area contributed by atoms with Gasteiger partial charge in [0.05, 0.1) is 31.1 Å². The summed E-state index contributed by atoms with van der Waals surface area (Å²) in [7, 11) is 1.64. The summed E-state index contributed by atoms with van der Waals surface area (Å²) in [5.41, 5.74) is 4.18. The van der Waals surface area contributed by atoms with E-state index >= 15 is 0 Å². The van der Waals surface area contributed by atoms with Crippen molar-refractivity contribution in [2.75, 3.05) is 20.3 Å². The molecular formula is C27H29N3O3. The van der Waals surface area contributed by atoms with Crippen molar-refractivity contribution >= 4 is 16.9 Å². The van der Waals surface area contributed by atoms with Gasteiger partial charge in [-0.05, 0) is 42.3 Å². The Morgan fingerprint density at radius 1 is 0.970 bits per heavy atom. The Balaban J connectivity index is 1.39. The van der Waals surface area contributed by atoms with E-state index < -0.39 is 0 Å². The molecule has 1 amide bonds. The van der Waals surface area contributed by atoms with Crippen LogP contribution in [0.3, 0.4) is 0 Å². The van der Waals surface area contributed by atoms with Gasteiger partial charge in [-0.1, -0.05) is 48.5 Å². The summed E-state index contributed by atoms with van der Waals surface area (Å²) in [6.45, 7) is 3.68. The summed E-state index contributed by atoms with van der Waals surface area (Å²) in [5, 5.41) is 3.04. The van der Waals surface area contributed by atoms with Crippen LogP contribution in [0.25, 0.3) is 11.0 Å². The van der Waals surface area contributed by atoms with Gasteiger partial charge in [0.1, 0.15) is 12.4 Å². The van der Waals surface area contributed by atoms with E-state index in [1.54, 1.807) is 7.11 Å². The van der Waals surface area contributed by atoms with E-state index in [0.717, 1.165) is 33.7 Å². The minimum Gasteiger partial charge on any atom is -0.493 e. The van der Waals surface area contributed by atoms with Gasteiger partial charge in [0, 0.05) is 13.0 Å². The summed E-state index contributed by atoms with van der Waals surface area (Å²) in [5.74, 6) is 2.38. The number of fused-ring (bicyclic) bond motifs is 1. The van der Waals surface area contributed by atoms with Crippen molar-refractivity contribution in [3.05, 3.63) is 89.7 Å². The van der Waals surface area contributed by atoms with Crippen LogP contribution in [0.5, 0.6) is 11.5 Å². The molecule has 0 aliphatic heterocycles. The lowest BCUT2D eigenvalue weighted by Gasteiger charge is -2.13. The molecule has 1 aromatic heterocycles. The smallest absolute Gasteiger partial charge is 0.224 e. The van der Waals surface area contributed by atoms with Crippen LogP contribution in [0.2, 0.25) is 0 Å². The van der Waals surface area contributed by atoms with Crippen LogP contribution < -0.4 is 14.8 Å². The number of hydrogen-bond acceptors (Lipinski definition) is 4. The molecule has 33 heavy (non-hydrogen) atoms. The number of nitrogens with one attached hydrogen (secondary N) is 1. The predicted molar refractivity (Wildman–Crippen MR) is 130 cm³/mol. The van der Waals surface area contributed by atoms with Gasteiger partial charge in [-0.2, -0.15) is 0 Å². The van der Waals surface area contributed by atoms with E-state index in [2.05, 4.69) is 16.0 Å². The lowest BCUT2D eigenvalue weighted by Crippen LogP contribution is -2.28. The first-order valence-corrected chi connectivity index (χ1v) is 11.2. The number of aromatic nitrogens is 2. The van der Waals surface area contributed by atoms with Crippen molar-refractivity contribution in [1.82, 2.24) is 14.9 Å². The number of para-hydroxylation sites is 4. The number of nitrogens with zero attached hydrogens (tertiary/aromatic N) is 2. The number of benzene rings is 3. The minimum absolute atomic E-state index is 0.0199. The third-order valence-electron chi connectivity index (χ3n) is 5.66. The summed E-state index contributed by atoms with van der Waals surface area (Å²) in [4.78, 5) is 17.2. The van der Waals surface area contributed by atoms with Crippen LogP contribution in [0.4, 0.5) is 0 Å². The van der Waals surface area contributed by atoms with Crippen molar-refractivity contribution in [1.29, 1.82) is 0 Å². The molecule has 0 bridgehead atoms. The molecule has 0 saturated heterocycles. The van der Waals surface area contributed by atoms with E-state index in [1.807, 2.05) is 73.7 Å². The SMILES string of the molecule is COc1ccccc1OCCn1c(CCNC(=O)Cc2ccccc2C)nc2ccccc21. The third kappa shape index (κ3) is 5.52. The van der Waals surface area contributed by atoms with Gasteiger partial charge in [0.25, 0.3) is 0 Å². The third-order valence-corrected chi connectivity index (χ3v) is 5.66. The maximum absolute atomic E-state index is 12.4. The molecule has 0 aliphatic carbocycles. The molecule has 4 aromatic rings. The minimum atomic E-state index is 0.0199. The van der Waals surface area contributed by atoms with Gasteiger partial charge in [0.15, 0.2) is 11.5 Å². The fourth-order valence-corrected chi connectivity index (χ4v) is 3.91. The Morgan fingerprint density at radius 3 is 2.52 bits per heavy atom. The Kier molecular flexibility index (Phi) is 7.25. The molecule has 6 nitrogen and oxygen atoms in total. The summed E-state index contributed by atoms with van der Waals surface area (Å²) >= 11 is 0. The largest absolute Gasteiger partial charge is 0.493 e. The molecule has 1 heterocycles. The van der Waals surface area contributed by atoms with Gasteiger partial charge in [-0.15, -0.1) is 0 Å². The molecule has 0 unspecified atom stereocenters. The predicted octanol–water partition coefficient (Wildman–Crippen LogP) is 4.33. The first-order valence-electron chi connectivity index (χ1n) is 11.2. The summed E-state index contributed by atoms with van der Waals surface area (Å²) < 4.78 is 13.5. The maximum atomic E-state index is 12.4. The molecular weight excluding hydrogens is 414 g/mol. The number of amides is 1. The average molecular weight is 444 g/mol. The topological polar surface area (TPSA) is 65.4 Å². The number of rotatable bonds is 10. The summed E-state index contributed by atoms with van der Waals surface area (Å²) in [6, 6.07) is 23.7. The fourth-order valence-electron chi connectivity index (χ4n) is 3.91. The Labute approximate surface area is 194 Å². The lowest BCUT2D eigenvalue weighted by atomic mass is 10.1. The molecule has 4 rings (SSSR count). The number of aryl methyl sites for hydroxylation is 1. The first kappa shape index (κ1) is 22.4. The van der Waals surface area contributed by atoms with E-state index in [-0.39, 0.29) is 5.91 Å². The molecule has 0 saturated carbocycles. The maximum Gasteiger partial charge on any atom is 0.224 e. The molecule has 0 radical (unpaired) electrons. The molecule has 170 valence electrons. The monoisotopic (exact) mass is 443 g/mol. The highest BCUT2D eigenvalue weighted by Gasteiger charge is 2.12. The molecule has 6 heteroatoms. The highest BCUT2D eigenvalue weighted by molar-refractivity contribution is 5.79. The van der Waals surface area contributed by atoms with Crippen LogP contribution in [-0.2, 0) is 24.2 Å². The second-order valence-corrected chi connectivity index (χ2v) is 7.87. The first-order chi connectivity index (χ1) is 16.2. The van der Waals surface area contributed by atoms with Crippen molar-refractivity contribution < 1.29 is 14.3 Å². The second-order valence-electron chi connectivity index (χ2n) is 7.87. The Bertz CT molecular complexity index is 1230. The number of carbonyl (C=O) groups is 1. The van der Waals surface area contributed by atoms with E-state index in [1.165, 1.54) is 0 Å². The number of hydrogen-bond donors (Lipinski definition) is 1. The van der Waals surface area contributed by atoms with Crippen molar-refractivity contribution in [3.8, 4) is 11.5 Å². The van der Waals surface area contributed by atoms with Crippen molar-refractivity contribution in [2.45, 2.75) is 26.3 Å². The number of imidazole rings is 1. The van der Waals surface area contributed by atoms with Gasteiger partial charge in [-0.25, -0.2) is 4.98 Å². The standard InChI is InChI=1S/C27H29N3O3/c1-20-9-3-4-10-21(20)19-27(31)28-16-15-26-29-22-11-5-6-12-23(22)30(26)17-18-33-25-14-8-7-13-24(25)32-2/h3-14H,15-19H2,1-2H3,(H,28,31). The normalized spacial score (nSPS) is 10.8. The van der Waals surface area contributed by atoms with Crippen molar-refractivity contribution in [3.63, 3.8) is 0 Å². The van der Waals surface area contributed by atoms with Gasteiger partial charge >= 0.3 is 0 Å². The zero-order valence-electron chi connectivity index (χ0n) is 19.1. The molecule has 0 aliphatic rings. The molecule has 0 spiro atoms. The van der Waals surface area contributed by atoms with E-state index in [4.69, 9.17) is 14.5 Å².